The third-order valence-corrected chi connectivity index (χ3v) is 5.76. The molecule has 28 heavy (non-hydrogen) atoms. The van der Waals surface area contributed by atoms with Gasteiger partial charge in [-0.1, -0.05) is 12.1 Å². The van der Waals surface area contributed by atoms with E-state index in [9.17, 15) is 9.59 Å². The molecule has 0 radical (unpaired) electrons. The van der Waals surface area contributed by atoms with Crippen LogP contribution in [0.5, 0.6) is 0 Å². The molecule has 1 N–H and O–H groups in total. The summed E-state index contributed by atoms with van der Waals surface area (Å²) < 4.78 is 4.79. The molecule has 8 heteroatoms. The van der Waals surface area contributed by atoms with Crippen LogP contribution in [0.25, 0.3) is 10.2 Å². The average Bonchev–Trinajstić information content (AvgIpc) is 3.06. The second kappa shape index (κ2) is 8.35. The van der Waals surface area contributed by atoms with Crippen LogP contribution in [-0.2, 0) is 4.74 Å². The Morgan fingerprint density at radius 3 is 2.57 bits per heavy atom. The maximum absolute atomic E-state index is 13.0. The zero-order valence-electron chi connectivity index (χ0n) is 16.3. The van der Waals surface area contributed by atoms with Crippen molar-refractivity contribution in [2.24, 2.45) is 0 Å². The number of hydrogen-bond donors (Lipinski definition) is 1. The predicted octanol–water partition coefficient (Wildman–Crippen LogP) is 3.88. The Morgan fingerprint density at radius 2 is 1.89 bits per heavy atom. The summed E-state index contributed by atoms with van der Waals surface area (Å²) in [5.41, 5.74) is 1.54. The van der Waals surface area contributed by atoms with E-state index in [1.165, 1.54) is 24.8 Å². The average molecular weight is 398 g/mol. The Hall–Kier alpha value is -3.00. The Morgan fingerprint density at radius 1 is 1.18 bits per heavy atom. The van der Waals surface area contributed by atoms with E-state index in [4.69, 9.17) is 4.74 Å². The number of carbonyl (C=O) groups is 2. The number of anilines is 2. The number of aromatic nitrogens is 2. The molecule has 0 unspecified atom stereocenters. The third-order valence-electron chi connectivity index (χ3n) is 4.56. The lowest BCUT2D eigenvalue weighted by atomic mass is 10.1. The van der Waals surface area contributed by atoms with Crippen molar-refractivity contribution in [2.75, 3.05) is 30.4 Å². The van der Waals surface area contributed by atoms with Crippen LogP contribution in [0.4, 0.5) is 11.5 Å². The standard InChI is InChI=1S/C20H22N4O3S/c1-5-24(6-2)17-15-12(3)16(28-19(15)22-11-21-17)18(25)23-14-10-8-7-9-13(14)20(26)27-4/h7-11H,5-6H2,1-4H3,(H,23,25). The van der Waals surface area contributed by atoms with Gasteiger partial charge in [-0.2, -0.15) is 0 Å². The summed E-state index contributed by atoms with van der Waals surface area (Å²) in [5, 5.41) is 3.72. The number of esters is 1. The minimum absolute atomic E-state index is 0.289. The molecule has 0 aliphatic heterocycles. The van der Waals surface area contributed by atoms with Crippen LogP contribution in [0.15, 0.2) is 30.6 Å². The predicted molar refractivity (Wildman–Crippen MR) is 111 cm³/mol. The fraction of sp³-hybridized carbons (Fsp3) is 0.300. The van der Waals surface area contributed by atoms with Crippen molar-refractivity contribution < 1.29 is 14.3 Å². The number of fused-ring (bicyclic) bond motifs is 1. The van der Waals surface area contributed by atoms with E-state index in [2.05, 4.69) is 34.0 Å². The number of carbonyl (C=O) groups excluding carboxylic acids is 2. The van der Waals surface area contributed by atoms with E-state index in [1.807, 2.05) is 6.92 Å². The van der Waals surface area contributed by atoms with E-state index in [-0.39, 0.29) is 5.91 Å². The molecule has 146 valence electrons. The number of rotatable bonds is 6. The molecule has 0 aliphatic carbocycles. The lowest BCUT2D eigenvalue weighted by Crippen LogP contribution is -2.23. The second-order valence-corrected chi connectivity index (χ2v) is 7.10. The zero-order valence-corrected chi connectivity index (χ0v) is 17.1. The van der Waals surface area contributed by atoms with Crippen molar-refractivity contribution in [3.05, 3.63) is 46.6 Å². The molecule has 0 spiro atoms. The minimum atomic E-state index is -0.501. The van der Waals surface area contributed by atoms with Gasteiger partial charge >= 0.3 is 5.97 Å². The first-order valence-electron chi connectivity index (χ1n) is 8.99. The van der Waals surface area contributed by atoms with Gasteiger partial charge in [-0.3, -0.25) is 4.79 Å². The molecule has 3 rings (SSSR count). The number of amides is 1. The zero-order chi connectivity index (χ0) is 20.3. The van der Waals surface area contributed by atoms with E-state index < -0.39 is 5.97 Å². The van der Waals surface area contributed by atoms with Gasteiger partial charge in [-0.25, -0.2) is 14.8 Å². The van der Waals surface area contributed by atoms with Crippen LogP contribution in [0.3, 0.4) is 0 Å². The van der Waals surface area contributed by atoms with Gasteiger partial charge in [0.25, 0.3) is 5.91 Å². The van der Waals surface area contributed by atoms with Gasteiger partial charge in [0.05, 0.1) is 28.6 Å². The van der Waals surface area contributed by atoms with E-state index in [0.717, 1.165) is 34.7 Å². The quantitative estimate of drug-likeness (QED) is 0.634. The van der Waals surface area contributed by atoms with Gasteiger partial charge in [0.1, 0.15) is 17.0 Å². The molecule has 0 aliphatic rings. The van der Waals surface area contributed by atoms with Crippen molar-refractivity contribution in [1.82, 2.24) is 9.97 Å². The summed E-state index contributed by atoms with van der Waals surface area (Å²) in [6, 6.07) is 6.76. The highest BCUT2D eigenvalue weighted by molar-refractivity contribution is 7.20. The summed E-state index contributed by atoms with van der Waals surface area (Å²) in [6.07, 6.45) is 1.53. The molecule has 7 nitrogen and oxygen atoms in total. The Balaban J connectivity index is 2.01. The second-order valence-electron chi connectivity index (χ2n) is 6.10. The van der Waals surface area contributed by atoms with Gasteiger partial charge in [-0.05, 0) is 38.5 Å². The van der Waals surface area contributed by atoms with Crippen LogP contribution in [0.1, 0.15) is 39.4 Å². The molecule has 3 aromatic rings. The van der Waals surface area contributed by atoms with Crippen LogP contribution in [-0.4, -0.2) is 42.0 Å². The number of nitrogens with zero attached hydrogens (tertiary/aromatic N) is 3. The number of aryl methyl sites for hydroxylation is 1. The number of thiophene rings is 1. The smallest absolute Gasteiger partial charge is 0.339 e. The largest absolute Gasteiger partial charge is 0.465 e. The SMILES string of the molecule is CCN(CC)c1ncnc2sc(C(=O)Nc3ccccc3C(=O)OC)c(C)c12. The summed E-state index contributed by atoms with van der Waals surface area (Å²) in [6.45, 7) is 7.65. The molecule has 1 amide bonds. The molecule has 1 aromatic carbocycles. The number of ether oxygens (including phenoxy) is 1. The van der Waals surface area contributed by atoms with Gasteiger partial charge < -0.3 is 15.0 Å². The maximum atomic E-state index is 13.0. The first-order valence-corrected chi connectivity index (χ1v) is 9.81. The molecular weight excluding hydrogens is 376 g/mol. The van der Waals surface area contributed by atoms with Crippen LogP contribution >= 0.6 is 11.3 Å². The third kappa shape index (κ3) is 3.55. The Kier molecular flexibility index (Phi) is 5.89. The molecule has 2 aromatic heterocycles. The fourth-order valence-electron chi connectivity index (χ4n) is 3.09. The minimum Gasteiger partial charge on any atom is -0.465 e. The van der Waals surface area contributed by atoms with Crippen molar-refractivity contribution in [1.29, 1.82) is 0 Å². The van der Waals surface area contributed by atoms with E-state index in [0.29, 0.717) is 16.1 Å². The lowest BCUT2D eigenvalue weighted by Gasteiger charge is -2.20. The lowest BCUT2D eigenvalue weighted by molar-refractivity contribution is 0.0602. The number of methoxy groups -OCH3 is 1. The summed E-state index contributed by atoms with van der Waals surface area (Å²) in [4.78, 5) is 37.2. The van der Waals surface area contributed by atoms with E-state index in [1.54, 1.807) is 24.3 Å². The topological polar surface area (TPSA) is 84.4 Å². The maximum Gasteiger partial charge on any atom is 0.339 e. The molecule has 2 heterocycles. The summed E-state index contributed by atoms with van der Waals surface area (Å²) in [7, 11) is 1.31. The molecule has 0 fully saturated rings. The molecule has 0 bridgehead atoms. The van der Waals surface area contributed by atoms with Gasteiger partial charge in [-0.15, -0.1) is 11.3 Å². The first-order chi connectivity index (χ1) is 13.5. The Bertz CT molecular complexity index is 1030. The van der Waals surface area contributed by atoms with Crippen molar-refractivity contribution in [3.8, 4) is 0 Å². The molecule has 0 saturated carbocycles. The summed E-state index contributed by atoms with van der Waals surface area (Å²) in [5.74, 6) is 0.0405. The van der Waals surface area contributed by atoms with Crippen LogP contribution in [0.2, 0.25) is 0 Å². The molecular formula is C20H22N4O3S. The van der Waals surface area contributed by atoms with Crippen molar-refractivity contribution in [3.63, 3.8) is 0 Å². The number of para-hydroxylation sites is 1. The van der Waals surface area contributed by atoms with Gasteiger partial charge in [0, 0.05) is 13.1 Å². The first kappa shape index (κ1) is 19.8. The van der Waals surface area contributed by atoms with Gasteiger partial charge in [0.15, 0.2) is 0 Å². The van der Waals surface area contributed by atoms with Crippen LogP contribution < -0.4 is 10.2 Å². The van der Waals surface area contributed by atoms with Crippen molar-refractivity contribution in [2.45, 2.75) is 20.8 Å². The monoisotopic (exact) mass is 398 g/mol. The normalized spacial score (nSPS) is 10.7. The highest BCUT2D eigenvalue weighted by Gasteiger charge is 2.22. The highest BCUT2D eigenvalue weighted by atomic mass is 32.1. The highest BCUT2D eigenvalue weighted by Crippen LogP contribution is 2.35. The molecule has 0 atom stereocenters. The van der Waals surface area contributed by atoms with Crippen LogP contribution in [0, 0.1) is 6.92 Å². The van der Waals surface area contributed by atoms with Gasteiger partial charge in [0.2, 0.25) is 0 Å². The van der Waals surface area contributed by atoms with Crippen molar-refractivity contribution >= 4 is 44.9 Å². The fourth-order valence-corrected chi connectivity index (χ4v) is 4.13. The number of nitrogens with one attached hydrogen (secondary N) is 1. The Labute approximate surface area is 167 Å². The number of benzene rings is 1. The number of hydrogen-bond acceptors (Lipinski definition) is 7. The summed E-state index contributed by atoms with van der Waals surface area (Å²) >= 11 is 1.32. The molecule has 0 saturated heterocycles. The van der Waals surface area contributed by atoms with E-state index >= 15 is 0 Å².